The molecule has 0 aliphatic heterocycles. The molecule has 0 aliphatic rings. The number of hydrogen-bond donors (Lipinski definition) is 2. The molecule has 0 aromatic heterocycles. The van der Waals surface area contributed by atoms with E-state index in [1.807, 2.05) is 6.07 Å². The minimum atomic E-state index is -0.600. The normalized spacial score (nSPS) is 10.2. The molecule has 8 heteroatoms. The molecule has 3 aromatic rings. The Morgan fingerprint density at radius 1 is 0.788 bits per heavy atom. The van der Waals surface area contributed by atoms with Crippen LogP contribution in [0.1, 0.15) is 26.3 Å². The highest BCUT2D eigenvalue weighted by Crippen LogP contribution is 2.23. The Morgan fingerprint density at radius 3 is 2.12 bits per heavy atom. The van der Waals surface area contributed by atoms with Gasteiger partial charge >= 0.3 is 5.97 Å². The van der Waals surface area contributed by atoms with Crippen LogP contribution in [0.4, 0.5) is 11.4 Å². The number of nitrogens with one attached hydrogen (secondary N) is 2. The standard InChI is InChI=1S/C25H24N2O6/c1-31-15-17-7-9-19(10-8-17)25(30)33-16-23(28)26-20-13-11-18(12-14-20)24(29)27-21-5-3-4-6-22(21)32-2/h3-14H,15-16H2,1-2H3,(H,26,28)(H,27,29). The highest BCUT2D eigenvalue weighted by molar-refractivity contribution is 6.05. The maximum Gasteiger partial charge on any atom is 0.338 e. The third kappa shape index (κ3) is 6.65. The van der Waals surface area contributed by atoms with Crippen molar-refractivity contribution >= 4 is 29.2 Å². The van der Waals surface area contributed by atoms with Crippen LogP contribution in [-0.2, 0) is 20.9 Å². The Hall–Kier alpha value is -4.17. The zero-order chi connectivity index (χ0) is 23.6. The summed E-state index contributed by atoms with van der Waals surface area (Å²) in [6, 6.07) is 20.2. The van der Waals surface area contributed by atoms with Gasteiger partial charge in [-0.25, -0.2) is 4.79 Å². The van der Waals surface area contributed by atoms with E-state index >= 15 is 0 Å². The number of benzene rings is 3. The molecule has 0 spiro atoms. The molecule has 33 heavy (non-hydrogen) atoms. The quantitative estimate of drug-likeness (QED) is 0.482. The maximum absolute atomic E-state index is 12.5. The van der Waals surface area contributed by atoms with E-state index in [0.717, 1.165) is 5.56 Å². The Kier molecular flexibility index (Phi) is 8.15. The van der Waals surface area contributed by atoms with Crippen LogP contribution < -0.4 is 15.4 Å². The molecule has 2 amide bonds. The highest BCUT2D eigenvalue weighted by Gasteiger charge is 2.12. The van der Waals surface area contributed by atoms with Crippen molar-refractivity contribution in [3.63, 3.8) is 0 Å². The average molecular weight is 448 g/mol. The highest BCUT2D eigenvalue weighted by atomic mass is 16.5. The molecule has 3 rings (SSSR count). The van der Waals surface area contributed by atoms with Crippen molar-refractivity contribution in [2.75, 3.05) is 31.5 Å². The van der Waals surface area contributed by atoms with E-state index in [1.165, 1.54) is 7.11 Å². The van der Waals surface area contributed by atoms with E-state index in [-0.39, 0.29) is 5.91 Å². The number of rotatable bonds is 9. The minimum absolute atomic E-state index is 0.317. The molecule has 8 nitrogen and oxygen atoms in total. The topological polar surface area (TPSA) is 103 Å². The zero-order valence-corrected chi connectivity index (χ0v) is 18.3. The number of carbonyl (C=O) groups excluding carboxylic acids is 3. The van der Waals surface area contributed by atoms with Crippen LogP contribution in [-0.4, -0.2) is 38.6 Å². The predicted octanol–water partition coefficient (Wildman–Crippen LogP) is 3.89. The second-order valence-corrected chi connectivity index (χ2v) is 6.99. The summed E-state index contributed by atoms with van der Waals surface area (Å²) < 4.78 is 15.3. The third-order valence-electron chi connectivity index (χ3n) is 4.62. The number of hydrogen-bond acceptors (Lipinski definition) is 6. The second kappa shape index (κ2) is 11.4. The van der Waals surface area contributed by atoms with E-state index in [1.54, 1.807) is 73.8 Å². The van der Waals surface area contributed by atoms with Crippen LogP contribution in [0.2, 0.25) is 0 Å². The van der Waals surface area contributed by atoms with E-state index in [0.29, 0.717) is 34.9 Å². The van der Waals surface area contributed by atoms with Gasteiger partial charge in [0, 0.05) is 18.4 Å². The average Bonchev–Trinajstić information content (AvgIpc) is 2.84. The number of para-hydroxylation sites is 2. The van der Waals surface area contributed by atoms with Gasteiger partial charge in [-0.15, -0.1) is 0 Å². The van der Waals surface area contributed by atoms with Crippen molar-refractivity contribution in [2.45, 2.75) is 6.61 Å². The minimum Gasteiger partial charge on any atom is -0.495 e. The maximum atomic E-state index is 12.5. The first-order valence-corrected chi connectivity index (χ1v) is 10.1. The molecule has 0 heterocycles. The van der Waals surface area contributed by atoms with E-state index in [4.69, 9.17) is 14.2 Å². The second-order valence-electron chi connectivity index (χ2n) is 6.99. The van der Waals surface area contributed by atoms with Gasteiger partial charge in [0.15, 0.2) is 6.61 Å². The first kappa shape index (κ1) is 23.5. The fraction of sp³-hybridized carbons (Fsp3) is 0.160. The van der Waals surface area contributed by atoms with Crippen molar-refractivity contribution < 1.29 is 28.6 Å². The summed E-state index contributed by atoms with van der Waals surface area (Å²) >= 11 is 0. The molecule has 0 radical (unpaired) electrons. The number of anilines is 2. The van der Waals surface area contributed by atoms with Crippen LogP contribution in [0.25, 0.3) is 0 Å². The van der Waals surface area contributed by atoms with Crippen LogP contribution >= 0.6 is 0 Å². The number of carbonyl (C=O) groups is 3. The molecule has 0 fully saturated rings. The van der Waals surface area contributed by atoms with Gasteiger partial charge in [0.05, 0.1) is 25.0 Å². The number of esters is 1. The first-order valence-electron chi connectivity index (χ1n) is 10.1. The van der Waals surface area contributed by atoms with Gasteiger partial charge in [-0.1, -0.05) is 24.3 Å². The Morgan fingerprint density at radius 2 is 1.45 bits per heavy atom. The summed E-state index contributed by atoms with van der Waals surface area (Å²) in [7, 11) is 3.11. The summed E-state index contributed by atoms with van der Waals surface area (Å²) in [5, 5.41) is 5.41. The fourth-order valence-electron chi connectivity index (χ4n) is 2.96. The van der Waals surface area contributed by atoms with Crippen molar-refractivity contribution in [1.82, 2.24) is 0 Å². The largest absolute Gasteiger partial charge is 0.495 e. The summed E-state index contributed by atoms with van der Waals surface area (Å²) in [6.45, 7) is 0.00727. The van der Waals surface area contributed by atoms with Gasteiger partial charge < -0.3 is 24.8 Å². The third-order valence-corrected chi connectivity index (χ3v) is 4.62. The molecule has 0 saturated carbocycles. The molecule has 3 aromatic carbocycles. The summed E-state index contributed by atoms with van der Waals surface area (Å²) in [4.78, 5) is 36.7. The van der Waals surface area contributed by atoms with Crippen molar-refractivity contribution in [2.24, 2.45) is 0 Å². The van der Waals surface area contributed by atoms with Gasteiger partial charge in [0.1, 0.15) is 5.75 Å². The molecular weight excluding hydrogens is 424 g/mol. The predicted molar refractivity (Wildman–Crippen MR) is 123 cm³/mol. The van der Waals surface area contributed by atoms with E-state index in [9.17, 15) is 14.4 Å². The lowest BCUT2D eigenvalue weighted by Gasteiger charge is -2.10. The molecule has 0 saturated heterocycles. The Labute approximate surface area is 191 Å². The monoisotopic (exact) mass is 448 g/mol. The van der Waals surface area contributed by atoms with Gasteiger partial charge in [-0.05, 0) is 54.1 Å². The van der Waals surface area contributed by atoms with Crippen LogP contribution in [0.3, 0.4) is 0 Å². The number of amides is 2. The summed E-state index contributed by atoms with van der Waals surface area (Å²) in [5.74, 6) is -0.860. The van der Waals surface area contributed by atoms with Crippen LogP contribution in [0.5, 0.6) is 5.75 Å². The van der Waals surface area contributed by atoms with Crippen molar-refractivity contribution in [1.29, 1.82) is 0 Å². The van der Waals surface area contributed by atoms with Crippen molar-refractivity contribution in [3.8, 4) is 5.75 Å². The summed E-state index contributed by atoms with van der Waals surface area (Å²) in [5.41, 5.74) is 2.69. The van der Waals surface area contributed by atoms with Gasteiger partial charge in [0.25, 0.3) is 11.8 Å². The van der Waals surface area contributed by atoms with Gasteiger partial charge in [-0.2, -0.15) is 0 Å². The number of ether oxygens (including phenoxy) is 3. The fourth-order valence-corrected chi connectivity index (χ4v) is 2.96. The molecule has 170 valence electrons. The molecule has 0 bridgehead atoms. The molecule has 2 N–H and O–H groups in total. The molecule has 0 unspecified atom stereocenters. The Balaban J connectivity index is 1.50. The van der Waals surface area contributed by atoms with Crippen LogP contribution in [0, 0.1) is 0 Å². The SMILES string of the molecule is COCc1ccc(C(=O)OCC(=O)Nc2ccc(C(=O)Nc3ccccc3OC)cc2)cc1. The lowest BCUT2D eigenvalue weighted by atomic mass is 10.1. The molecule has 0 atom stereocenters. The zero-order valence-electron chi connectivity index (χ0n) is 18.3. The lowest BCUT2D eigenvalue weighted by molar-refractivity contribution is -0.119. The van der Waals surface area contributed by atoms with Gasteiger partial charge in [0.2, 0.25) is 0 Å². The first-order chi connectivity index (χ1) is 16.0. The van der Waals surface area contributed by atoms with Crippen LogP contribution in [0.15, 0.2) is 72.8 Å². The Bertz CT molecular complexity index is 1110. The molecule has 0 aliphatic carbocycles. The van der Waals surface area contributed by atoms with Gasteiger partial charge in [-0.3, -0.25) is 9.59 Å². The summed E-state index contributed by atoms with van der Waals surface area (Å²) in [6.07, 6.45) is 0. The van der Waals surface area contributed by atoms with E-state index in [2.05, 4.69) is 10.6 Å². The van der Waals surface area contributed by atoms with E-state index < -0.39 is 18.5 Å². The van der Waals surface area contributed by atoms with Crippen molar-refractivity contribution in [3.05, 3.63) is 89.5 Å². The lowest BCUT2D eigenvalue weighted by Crippen LogP contribution is -2.21. The molecular formula is C25H24N2O6. The number of methoxy groups -OCH3 is 2. The smallest absolute Gasteiger partial charge is 0.338 e.